The van der Waals surface area contributed by atoms with Crippen LogP contribution in [0.3, 0.4) is 0 Å². The molecule has 1 aromatic carbocycles. The van der Waals surface area contributed by atoms with Crippen molar-refractivity contribution in [2.24, 2.45) is 0 Å². The first-order valence-electron chi connectivity index (χ1n) is 6.66. The number of rotatable bonds is 5. The molecular formula is C15H11ClF3N3O3. The van der Waals surface area contributed by atoms with Crippen molar-refractivity contribution in [3.05, 3.63) is 41.7 Å². The third-order valence-corrected chi connectivity index (χ3v) is 3.42. The van der Waals surface area contributed by atoms with Crippen molar-refractivity contribution in [2.75, 3.05) is 12.8 Å². The smallest absolute Gasteiger partial charge is 0.444 e. The Morgan fingerprint density at radius 3 is 2.48 bits per heavy atom. The standard InChI is InChI=1S/C15H11ClF3N3O3/c1-24-13(23)12-11(21)8(6-20)7-22(12)9-2-4-10(5-3-9)25-15(18,19)14(16)17/h2-5,7,14H,21H2,1H3. The Balaban J connectivity index is 2.41. The zero-order valence-corrected chi connectivity index (χ0v) is 13.4. The van der Waals surface area contributed by atoms with Gasteiger partial charge in [-0.25, -0.2) is 9.18 Å². The molecule has 1 heterocycles. The summed E-state index contributed by atoms with van der Waals surface area (Å²) in [6, 6.07) is 6.67. The fourth-order valence-corrected chi connectivity index (χ4v) is 2.04. The van der Waals surface area contributed by atoms with E-state index in [2.05, 4.69) is 9.47 Å². The van der Waals surface area contributed by atoms with Gasteiger partial charge in [0.1, 0.15) is 11.8 Å². The number of nitrogens with zero attached hydrogens (tertiary/aromatic N) is 2. The average Bonchev–Trinajstić information content (AvgIpc) is 2.91. The summed E-state index contributed by atoms with van der Waals surface area (Å²) in [5.74, 6) is -1.13. The summed E-state index contributed by atoms with van der Waals surface area (Å²) < 4.78 is 48.9. The third-order valence-electron chi connectivity index (χ3n) is 3.17. The number of nitriles is 1. The Labute approximate surface area is 145 Å². The van der Waals surface area contributed by atoms with Crippen LogP contribution in [0.5, 0.6) is 5.75 Å². The number of nitrogen functional groups attached to an aromatic ring is 1. The van der Waals surface area contributed by atoms with Crippen LogP contribution in [0.1, 0.15) is 16.1 Å². The van der Waals surface area contributed by atoms with E-state index in [1.54, 1.807) is 0 Å². The van der Waals surface area contributed by atoms with Crippen LogP contribution in [0.4, 0.5) is 18.9 Å². The number of hydrogen-bond donors (Lipinski definition) is 1. The fraction of sp³-hybridized carbons (Fsp3) is 0.200. The predicted octanol–water partition coefficient (Wildman–Crippen LogP) is 3.22. The number of benzene rings is 1. The number of aromatic nitrogens is 1. The SMILES string of the molecule is COC(=O)c1c(N)c(C#N)cn1-c1ccc(OC(F)(F)C(F)Cl)cc1. The first-order chi connectivity index (χ1) is 11.7. The highest BCUT2D eigenvalue weighted by Gasteiger charge is 2.42. The number of nitrogens with two attached hydrogens (primary N) is 1. The van der Waals surface area contributed by atoms with Crippen molar-refractivity contribution in [3.8, 4) is 17.5 Å². The Morgan fingerprint density at radius 1 is 1.40 bits per heavy atom. The first kappa shape index (κ1) is 18.5. The molecule has 0 saturated carbocycles. The predicted molar refractivity (Wildman–Crippen MR) is 82.6 cm³/mol. The van der Waals surface area contributed by atoms with E-state index in [4.69, 9.17) is 22.6 Å². The van der Waals surface area contributed by atoms with Crippen molar-refractivity contribution >= 4 is 23.3 Å². The summed E-state index contributed by atoms with van der Waals surface area (Å²) in [6.45, 7) is 0. The molecule has 1 unspecified atom stereocenters. The largest absolute Gasteiger partial charge is 0.464 e. The van der Waals surface area contributed by atoms with Gasteiger partial charge in [0, 0.05) is 11.9 Å². The molecule has 2 aromatic rings. The molecule has 0 fully saturated rings. The van der Waals surface area contributed by atoms with E-state index in [0.717, 1.165) is 19.2 Å². The summed E-state index contributed by atoms with van der Waals surface area (Å²) in [5, 5.41) is 9.03. The van der Waals surface area contributed by atoms with Gasteiger partial charge in [-0.1, -0.05) is 11.6 Å². The van der Waals surface area contributed by atoms with Crippen LogP contribution in [0.2, 0.25) is 0 Å². The van der Waals surface area contributed by atoms with Crippen LogP contribution in [-0.4, -0.2) is 29.4 Å². The normalized spacial score (nSPS) is 12.3. The van der Waals surface area contributed by atoms with Gasteiger partial charge in [0.2, 0.25) is 0 Å². The van der Waals surface area contributed by atoms with Gasteiger partial charge in [0.25, 0.3) is 5.63 Å². The molecule has 0 bridgehead atoms. The third kappa shape index (κ3) is 3.64. The quantitative estimate of drug-likeness (QED) is 0.642. The molecule has 1 atom stereocenters. The molecule has 10 heteroatoms. The van der Waals surface area contributed by atoms with Crippen LogP contribution < -0.4 is 10.5 Å². The molecule has 132 valence electrons. The lowest BCUT2D eigenvalue weighted by Crippen LogP contribution is -2.32. The van der Waals surface area contributed by atoms with Crippen LogP contribution in [0, 0.1) is 11.3 Å². The maximum absolute atomic E-state index is 13.1. The highest BCUT2D eigenvalue weighted by molar-refractivity contribution is 6.20. The summed E-state index contributed by atoms with van der Waals surface area (Å²) in [5.41, 5.74) is 2.91. The Hall–Kier alpha value is -2.86. The summed E-state index contributed by atoms with van der Waals surface area (Å²) >= 11 is 4.71. The number of hydrogen-bond acceptors (Lipinski definition) is 5. The highest BCUT2D eigenvalue weighted by atomic mass is 35.5. The zero-order valence-electron chi connectivity index (χ0n) is 12.7. The zero-order chi connectivity index (χ0) is 18.8. The fourth-order valence-electron chi connectivity index (χ4n) is 1.99. The second kappa shape index (κ2) is 6.94. The minimum Gasteiger partial charge on any atom is -0.464 e. The average molecular weight is 374 g/mol. The van der Waals surface area contributed by atoms with Gasteiger partial charge in [0.05, 0.1) is 18.4 Å². The molecule has 0 radical (unpaired) electrons. The van der Waals surface area contributed by atoms with Crippen molar-refractivity contribution in [2.45, 2.75) is 11.7 Å². The van der Waals surface area contributed by atoms with Crippen molar-refractivity contribution in [3.63, 3.8) is 0 Å². The van der Waals surface area contributed by atoms with E-state index < -0.39 is 17.7 Å². The first-order valence-corrected chi connectivity index (χ1v) is 7.09. The molecule has 0 aliphatic carbocycles. The van der Waals surface area contributed by atoms with Crippen LogP contribution >= 0.6 is 11.6 Å². The van der Waals surface area contributed by atoms with Crippen molar-refractivity contribution in [1.29, 1.82) is 5.26 Å². The molecule has 0 spiro atoms. The van der Waals surface area contributed by atoms with Gasteiger partial charge in [-0.15, -0.1) is 0 Å². The molecule has 0 aliphatic heterocycles. The summed E-state index contributed by atoms with van der Waals surface area (Å²) in [7, 11) is 1.14. The Bertz CT molecular complexity index is 829. The van der Waals surface area contributed by atoms with Crippen LogP contribution in [-0.2, 0) is 4.74 Å². The van der Waals surface area contributed by atoms with E-state index >= 15 is 0 Å². The molecule has 25 heavy (non-hydrogen) atoms. The highest BCUT2D eigenvalue weighted by Crippen LogP contribution is 2.30. The lowest BCUT2D eigenvalue weighted by Gasteiger charge is -2.18. The molecule has 0 saturated heterocycles. The minimum atomic E-state index is -4.20. The number of esters is 1. The van der Waals surface area contributed by atoms with Crippen LogP contribution in [0.25, 0.3) is 5.69 Å². The van der Waals surface area contributed by atoms with Crippen molar-refractivity contribution < 1.29 is 27.4 Å². The monoisotopic (exact) mass is 373 g/mol. The van der Waals surface area contributed by atoms with Gasteiger partial charge in [-0.2, -0.15) is 14.0 Å². The lowest BCUT2D eigenvalue weighted by atomic mass is 10.2. The van der Waals surface area contributed by atoms with E-state index in [0.29, 0.717) is 5.69 Å². The van der Waals surface area contributed by atoms with Gasteiger partial charge in [-0.3, -0.25) is 0 Å². The second-order valence-corrected chi connectivity index (χ2v) is 5.12. The summed E-state index contributed by atoms with van der Waals surface area (Å²) in [6.07, 6.45) is -2.91. The lowest BCUT2D eigenvalue weighted by molar-refractivity contribution is -0.199. The van der Waals surface area contributed by atoms with Gasteiger partial charge in [-0.05, 0) is 24.3 Å². The van der Waals surface area contributed by atoms with Crippen molar-refractivity contribution in [1.82, 2.24) is 4.57 Å². The van der Waals surface area contributed by atoms with E-state index in [9.17, 15) is 18.0 Å². The topological polar surface area (TPSA) is 90.3 Å². The molecule has 6 nitrogen and oxygen atoms in total. The number of carbonyl (C=O) groups is 1. The Kier molecular flexibility index (Phi) is 5.13. The van der Waals surface area contributed by atoms with Gasteiger partial charge >= 0.3 is 12.1 Å². The number of anilines is 1. The van der Waals surface area contributed by atoms with Gasteiger partial charge in [0.15, 0.2) is 5.69 Å². The number of alkyl halides is 4. The molecule has 1 aromatic heterocycles. The van der Waals surface area contributed by atoms with Crippen LogP contribution in [0.15, 0.2) is 30.5 Å². The number of carbonyl (C=O) groups excluding carboxylic acids is 1. The second-order valence-electron chi connectivity index (χ2n) is 4.74. The maximum atomic E-state index is 13.1. The molecular weight excluding hydrogens is 363 g/mol. The van der Waals surface area contributed by atoms with Gasteiger partial charge < -0.3 is 19.8 Å². The Morgan fingerprint density at radius 2 is 2.00 bits per heavy atom. The molecule has 2 N–H and O–H groups in total. The number of methoxy groups -OCH3 is 1. The molecule has 0 aliphatic rings. The molecule has 0 amide bonds. The van der Waals surface area contributed by atoms with E-state index in [1.807, 2.05) is 6.07 Å². The molecule has 2 rings (SSSR count). The van der Waals surface area contributed by atoms with E-state index in [-0.39, 0.29) is 22.7 Å². The minimum absolute atomic E-state index is 0.0367. The summed E-state index contributed by atoms with van der Waals surface area (Å²) in [4.78, 5) is 11.9. The van der Waals surface area contributed by atoms with E-state index in [1.165, 1.54) is 22.9 Å². The maximum Gasteiger partial charge on any atom is 0.444 e. The number of ether oxygens (including phenoxy) is 2. The number of halogens is 4.